The molecule has 170 valence electrons. The van der Waals surface area contributed by atoms with Crippen LogP contribution in [0.1, 0.15) is 53.7 Å². The van der Waals surface area contributed by atoms with Gasteiger partial charge in [0.05, 0.1) is 28.6 Å². The lowest BCUT2D eigenvalue weighted by atomic mass is 10.0. The van der Waals surface area contributed by atoms with E-state index in [4.69, 9.17) is 0 Å². The number of amides is 3. The fourth-order valence-electron chi connectivity index (χ4n) is 4.20. The van der Waals surface area contributed by atoms with Gasteiger partial charge in [-0.25, -0.2) is 4.98 Å². The van der Waals surface area contributed by atoms with Gasteiger partial charge in [-0.1, -0.05) is 38.1 Å². The molecule has 0 radical (unpaired) electrons. The van der Waals surface area contributed by atoms with Crippen molar-refractivity contribution in [3.05, 3.63) is 75.8 Å². The minimum Gasteiger partial charge on any atom is -0.334 e. The van der Waals surface area contributed by atoms with E-state index in [9.17, 15) is 19.2 Å². The first kappa shape index (κ1) is 22.4. The number of rotatable bonds is 7. The number of aromatic nitrogens is 2. The number of likely N-dealkylation sites (N-methyl/N-ethyl adjacent to an activating group) is 1. The summed E-state index contributed by atoms with van der Waals surface area (Å²) in [4.78, 5) is 62.1. The molecule has 2 heterocycles. The highest BCUT2D eigenvalue weighted by atomic mass is 16.2. The molecule has 1 N–H and O–H groups in total. The normalized spacial score (nSPS) is 14.1. The molecule has 3 aromatic rings. The number of H-pyrrole nitrogens is 1. The minimum atomic E-state index is -0.940. The van der Waals surface area contributed by atoms with Crippen LogP contribution in [0.4, 0.5) is 0 Å². The molecule has 1 atom stereocenters. The van der Waals surface area contributed by atoms with Crippen LogP contribution in [-0.2, 0) is 11.3 Å². The van der Waals surface area contributed by atoms with Crippen molar-refractivity contribution in [1.29, 1.82) is 0 Å². The summed E-state index contributed by atoms with van der Waals surface area (Å²) in [5.41, 5.74) is 0.886. The number of hydrogen-bond donors (Lipinski definition) is 1. The predicted octanol–water partition coefficient (Wildman–Crippen LogP) is 2.98. The van der Waals surface area contributed by atoms with Gasteiger partial charge >= 0.3 is 0 Å². The molecule has 1 aliphatic rings. The molecule has 0 saturated carbocycles. The zero-order chi connectivity index (χ0) is 23.7. The van der Waals surface area contributed by atoms with Crippen molar-refractivity contribution in [2.24, 2.45) is 5.92 Å². The van der Waals surface area contributed by atoms with Crippen molar-refractivity contribution in [3.8, 4) is 0 Å². The van der Waals surface area contributed by atoms with Gasteiger partial charge in [0.1, 0.15) is 11.9 Å². The van der Waals surface area contributed by atoms with Gasteiger partial charge in [0.25, 0.3) is 17.4 Å². The first-order valence-electron chi connectivity index (χ1n) is 11.1. The van der Waals surface area contributed by atoms with Crippen LogP contribution in [0.5, 0.6) is 0 Å². The number of nitrogens with one attached hydrogen (secondary N) is 1. The molecule has 8 nitrogen and oxygen atoms in total. The molecule has 3 amide bonds. The first-order chi connectivity index (χ1) is 15.8. The molecule has 4 rings (SSSR count). The molecule has 8 heteroatoms. The topological polar surface area (TPSA) is 103 Å². The fourth-order valence-corrected chi connectivity index (χ4v) is 4.20. The Kier molecular flexibility index (Phi) is 6.09. The zero-order valence-electron chi connectivity index (χ0n) is 18.9. The lowest BCUT2D eigenvalue weighted by molar-refractivity contribution is -0.136. The smallest absolute Gasteiger partial charge is 0.262 e. The highest BCUT2D eigenvalue weighted by Crippen LogP contribution is 2.28. The summed E-state index contributed by atoms with van der Waals surface area (Å²) in [5, 5.41) is 0.472. The number of carbonyl (C=O) groups is 3. The molecular weight excluding hydrogens is 420 g/mol. The molecule has 0 saturated heterocycles. The van der Waals surface area contributed by atoms with E-state index in [1.165, 1.54) is 4.90 Å². The Morgan fingerprint density at radius 1 is 1.00 bits per heavy atom. The number of para-hydroxylation sites is 1. The van der Waals surface area contributed by atoms with Crippen LogP contribution in [-0.4, -0.2) is 50.1 Å². The van der Waals surface area contributed by atoms with Crippen molar-refractivity contribution >= 4 is 28.6 Å². The van der Waals surface area contributed by atoms with Crippen LogP contribution in [0.2, 0.25) is 0 Å². The average molecular weight is 447 g/mol. The molecule has 1 aliphatic heterocycles. The van der Waals surface area contributed by atoms with Crippen LogP contribution in [0.15, 0.2) is 53.3 Å². The van der Waals surface area contributed by atoms with Crippen LogP contribution in [0, 0.1) is 5.92 Å². The Bertz CT molecular complexity index is 1260. The average Bonchev–Trinajstić information content (AvgIpc) is 3.05. The molecule has 0 spiro atoms. The van der Waals surface area contributed by atoms with Gasteiger partial charge in [0, 0.05) is 6.54 Å². The number of benzene rings is 2. The maximum atomic E-state index is 13.7. The SMILES string of the molecule is CCN(Cc1nc2ccccc2c(=O)[nH]1)C(=O)C(CC(C)C)N1C(=O)c2ccccc2C1=O. The molecular formula is C25H26N4O4. The second-order valence-corrected chi connectivity index (χ2v) is 8.55. The summed E-state index contributed by atoms with van der Waals surface area (Å²) in [6.45, 7) is 6.08. The van der Waals surface area contributed by atoms with E-state index in [1.54, 1.807) is 48.5 Å². The largest absolute Gasteiger partial charge is 0.334 e. The summed E-state index contributed by atoms with van der Waals surface area (Å²) >= 11 is 0. The van der Waals surface area contributed by atoms with Gasteiger partial charge in [0.2, 0.25) is 5.91 Å². The maximum Gasteiger partial charge on any atom is 0.262 e. The Morgan fingerprint density at radius 3 is 2.21 bits per heavy atom. The number of fused-ring (bicyclic) bond motifs is 2. The highest BCUT2D eigenvalue weighted by Gasteiger charge is 2.43. The second-order valence-electron chi connectivity index (χ2n) is 8.55. The van der Waals surface area contributed by atoms with Gasteiger partial charge in [-0.2, -0.15) is 0 Å². The third-order valence-corrected chi connectivity index (χ3v) is 5.81. The van der Waals surface area contributed by atoms with Crippen LogP contribution in [0.3, 0.4) is 0 Å². The number of nitrogens with zero attached hydrogens (tertiary/aromatic N) is 3. The summed E-state index contributed by atoms with van der Waals surface area (Å²) in [5.74, 6) is -0.845. The summed E-state index contributed by atoms with van der Waals surface area (Å²) in [6, 6.07) is 12.7. The molecule has 33 heavy (non-hydrogen) atoms. The molecule has 0 aliphatic carbocycles. The van der Waals surface area contributed by atoms with Crippen molar-refractivity contribution < 1.29 is 14.4 Å². The van der Waals surface area contributed by atoms with Gasteiger partial charge < -0.3 is 9.88 Å². The number of imide groups is 1. The Labute approximate surface area is 191 Å². The predicted molar refractivity (Wildman–Crippen MR) is 124 cm³/mol. The van der Waals surface area contributed by atoms with E-state index in [2.05, 4.69) is 9.97 Å². The minimum absolute atomic E-state index is 0.0627. The second kappa shape index (κ2) is 8.97. The zero-order valence-corrected chi connectivity index (χ0v) is 18.9. The fraction of sp³-hybridized carbons (Fsp3) is 0.320. The quantitative estimate of drug-likeness (QED) is 0.562. The third-order valence-electron chi connectivity index (χ3n) is 5.81. The monoisotopic (exact) mass is 446 g/mol. The summed E-state index contributed by atoms with van der Waals surface area (Å²) in [6.07, 6.45) is 0.336. The van der Waals surface area contributed by atoms with Crippen LogP contribution in [0.25, 0.3) is 10.9 Å². The lowest BCUT2D eigenvalue weighted by Crippen LogP contribution is -2.51. The lowest BCUT2D eigenvalue weighted by Gasteiger charge is -2.31. The number of aromatic amines is 1. The molecule has 1 aromatic heterocycles. The van der Waals surface area contributed by atoms with Crippen LogP contribution >= 0.6 is 0 Å². The maximum absolute atomic E-state index is 13.7. The van der Waals surface area contributed by atoms with E-state index in [1.807, 2.05) is 20.8 Å². The molecule has 2 aromatic carbocycles. The van der Waals surface area contributed by atoms with Gasteiger partial charge in [-0.05, 0) is 43.5 Å². The van der Waals surface area contributed by atoms with Crippen molar-refractivity contribution in [1.82, 2.24) is 19.8 Å². The summed E-state index contributed by atoms with van der Waals surface area (Å²) in [7, 11) is 0. The van der Waals surface area contributed by atoms with Gasteiger partial charge in [0.15, 0.2) is 0 Å². The molecule has 0 fully saturated rings. The van der Waals surface area contributed by atoms with Gasteiger partial charge in [-0.15, -0.1) is 0 Å². The van der Waals surface area contributed by atoms with E-state index < -0.39 is 17.9 Å². The number of carbonyl (C=O) groups excluding carboxylic acids is 3. The third kappa shape index (κ3) is 4.16. The van der Waals surface area contributed by atoms with Crippen molar-refractivity contribution in [2.75, 3.05) is 6.54 Å². The Hall–Kier alpha value is -3.81. The highest BCUT2D eigenvalue weighted by molar-refractivity contribution is 6.22. The number of hydrogen-bond acceptors (Lipinski definition) is 5. The standard InChI is InChI=1S/C25H26N4O4/c1-4-28(14-21-26-19-12-8-7-11-18(19)22(30)27-21)25(33)20(13-15(2)3)29-23(31)16-9-5-6-10-17(16)24(29)32/h5-12,15,20H,4,13-14H2,1-3H3,(H,26,27,30). The first-order valence-corrected chi connectivity index (χ1v) is 11.1. The van der Waals surface area contributed by atoms with E-state index in [0.717, 1.165) is 4.90 Å². The van der Waals surface area contributed by atoms with E-state index >= 15 is 0 Å². The van der Waals surface area contributed by atoms with Crippen molar-refractivity contribution in [3.63, 3.8) is 0 Å². The van der Waals surface area contributed by atoms with Gasteiger partial charge in [-0.3, -0.25) is 24.1 Å². The van der Waals surface area contributed by atoms with E-state index in [-0.39, 0.29) is 23.9 Å². The Morgan fingerprint density at radius 2 is 1.61 bits per heavy atom. The molecule has 1 unspecified atom stereocenters. The molecule has 0 bridgehead atoms. The van der Waals surface area contributed by atoms with E-state index in [0.29, 0.717) is 40.8 Å². The van der Waals surface area contributed by atoms with Crippen molar-refractivity contribution in [2.45, 2.75) is 39.8 Å². The van der Waals surface area contributed by atoms with Crippen LogP contribution < -0.4 is 5.56 Å². The Balaban J connectivity index is 1.65. The summed E-state index contributed by atoms with van der Waals surface area (Å²) < 4.78 is 0.